The van der Waals surface area contributed by atoms with Crippen molar-refractivity contribution in [3.63, 3.8) is 0 Å². The molecule has 0 unspecified atom stereocenters. The van der Waals surface area contributed by atoms with Gasteiger partial charge in [0.15, 0.2) is 0 Å². The van der Waals surface area contributed by atoms with E-state index in [4.69, 9.17) is 4.74 Å². The van der Waals surface area contributed by atoms with Gasteiger partial charge in [0.2, 0.25) is 5.91 Å². The van der Waals surface area contributed by atoms with Crippen LogP contribution in [0.2, 0.25) is 0 Å². The van der Waals surface area contributed by atoms with E-state index in [1.54, 1.807) is 9.80 Å². The second-order valence-corrected chi connectivity index (χ2v) is 6.88. The van der Waals surface area contributed by atoms with E-state index in [-0.39, 0.29) is 18.8 Å². The molecule has 3 N–H and O–H groups in total. The van der Waals surface area contributed by atoms with Crippen LogP contribution >= 0.6 is 0 Å². The minimum Gasteiger partial charge on any atom is -0.445 e. The molecule has 0 aliphatic carbocycles. The average Bonchev–Trinajstić information content (AvgIpc) is 3.21. The molecule has 10 heteroatoms. The number of carbonyl (C=O) groups excluding carboxylic acids is 3. The van der Waals surface area contributed by atoms with E-state index in [9.17, 15) is 19.5 Å². The summed E-state index contributed by atoms with van der Waals surface area (Å²) in [6, 6.07) is 8.33. The molecule has 1 aromatic heterocycles. The number of hydrogen-bond acceptors (Lipinski definition) is 6. The summed E-state index contributed by atoms with van der Waals surface area (Å²) in [5.41, 5.74) is 1.10. The van der Waals surface area contributed by atoms with Gasteiger partial charge in [-0.3, -0.25) is 9.59 Å². The third-order valence-electron chi connectivity index (χ3n) is 4.80. The van der Waals surface area contributed by atoms with Gasteiger partial charge in [-0.1, -0.05) is 30.3 Å². The molecule has 1 saturated heterocycles. The lowest BCUT2D eigenvalue weighted by atomic mass is 10.2. The van der Waals surface area contributed by atoms with Gasteiger partial charge in [-0.2, -0.15) is 0 Å². The number of H-pyrrole nitrogens is 1. The molecule has 3 rings (SSSR count). The Morgan fingerprint density at radius 3 is 2.57 bits per heavy atom. The van der Waals surface area contributed by atoms with Crippen LogP contribution in [0.25, 0.3) is 0 Å². The van der Waals surface area contributed by atoms with Gasteiger partial charge in [-0.25, -0.2) is 9.78 Å². The van der Waals surface area contributed by atoms with Crippen LogP contribution in [0, 0.1) is 0 Å². The maximum atomic E-state index is 12.8. The molecule has 1 aliphatic heterocycles. The summed E-state index contributed by atoms with van der Waals surface area (Å²) in [6.07, 6.45) is 2.82. The number of aromatic nitrogens is 2. The average molecular weight is 415 g/mol. The lowest BCUT2D eigenvalue weighted by Crippen LogP contribution is -2.51. The molecule has 0 radical (unpaired) electrons. The summed E-state index contributed by atoms with van der Waals surface area (Å²) in [4.78, 5) is 46.8. The van der Waals surface area contributed by atoms with Crippen molar-refractivity contribution in [2.45, 2.75) is 19.1 Å². The van der Waals surface area contributed by atoms with Gasteiger partial charge in [0.25, 0.3) is 5.91 Å². The van der Waals surface area contributed by atoms with E-state index in [0.29, 0.717) is 26.1 Å². The van der Waals surface area contributed by atoms with Crippen LogP contribution in [0.3, 0.4) is 0 Å². The number of amides is 3. The molecule has 3 amide bonds. The number of imidazole rings is 1. The summed E-state index contributed by atoms with van der Waals surface area (Å²) in [5.74, 6) is -0.925. The Morgan fingerprint density at radius 2 is 1.87 bits per heavy atom. The highest BCUT2D eigenvalue weighted by atomic mass is 16.6. The van der Waals surface area contributed by atoms with Crippen molar-refractivity contribution >= 4 is 17.9 Å². The molecule has 0 spiro atoms. The van der Waals surface area contributed by atoms with Crippen LogP contribution in [0.5, 0.6) is 0 Å². The first-order chi connectivity index (χ1) is 14.6. The minimum absolute atomic E-state index is 0.186. The highest BCUT2D eigenvalue weighted by Gasteiger charge is 2.29. The van der Waals surface area contributed by atoms with Crippen LogP contribution in [0.15, 0.2) is 42.9 Å². The Kier molecular flexibility index (Phi) is 7.39. The molecule has 2 heterocycles. The first kappa shape index (κ1) is 21.3. The van der Waals surface area contributed by atoms with E-state index in [0.717, 1.165) is 5.56 Å². The maximum absolute atomic E-state index is 12.8. The molecule has 10 nitrogen and oxygen atoms in total. The molecule has 1 aliphatic rings. The number of benzene rings is 1. The molecule has 160 valence electrons. The molecule has 1 fully saturated rings. The van der Waals surface area contributed by atoms with Gasteiger partial charge in [0.05, 0.1) is 19.1 Å². The van der Waals surface area contributed by atoms with Crippen LogP contribution in [-0.2, 0) is 16.1 Å². The SMILES string of the molecule is O=C(N[C@@H](CO)C(=O)N1CCCN(C(=O)OCc2ccccc2)CC1)c1cnc[nH]1. The summed E-state index contributed by atoms with van der Waals surface area (Å²) in [7, 11) is 0. The highest BCUT2D eigenvalue weighted by Crippen LogP contribution is 2.09. The van der Waals surface area contributed by atoms with Crippen molar-refractivity contribution in [3.05, 3.63) is 54.1 Å². The third-order valence-corrected chi connectivity index (χ3v) is 4.80. The zero-order valence-corrected chi connectivity index (χ0v) is 16.5. The first-order valence-corrected chi connectivity index (χ1v) is 9.73. The summed E-state index contributed by atoms with van der Waals surface area (Å²) in [5, 5.41) is 12.1. The van der Waals surface area contributed by atoms with Crippen LogP contribution in [0.1, 0.15) is 22.5 Å². The van der Waals surface area contributed by atoms with E-state index in [1.807, 2.05) is 30.3 Å². The molecule has 1 atom stereocenters. The Bertz CT molecular complexity index is 843. The standard InChI is InChI=1S/C20H25N5O5/c26-12-17(23-18(27)16-11-21-14-22-16)19(28)24-7-4-8-25(10-9-24)20(29)30-13-15-5-2-1-3-6-15/h1-3,5-6,11,14,17,26H,4,7-10,12-13H2,(H,21,22)(H,23,27)/t17-/m0/s1. The topological polar surface area (TPSA) is 128 Å². The number of ether oxygens (including phenoxy) is 1. The summed E-state index contributed by atoms with van der Waals surface area (Å²) in [6.45, 7) is 1.13. The first-order valence-electron chi connectivity index (χ1n) is 9.73. The number of nitrogens with one attached hydrogen (secondary N) is 2. The Labute approximate surface area is 173 Å². The zero-order valence-electron chi connectivity index (χ0n) is 16.5. The second kappa shape index (κ2) is 10.4. The van der Waals surface area contributed by atoms with Gasteiger partial charge in [-0.15, -0.1) is 0 Å². The van der Waals surface area contributed by atoms with Gasteiger partial charge in [-0.05, 0) is 12.0 Å². The second-order valence-electron chi connectivity index (χ2n) is 6.88. The summed E-state index contributed by atoms with van der Waals surface area (Å²) < 4.78 is 5.36. The number of aliphatic hydroxyl groups is 1. The lowest BCUT2D eigenvalue weighted by Gasteiger charge is -2.25. The van der Waals surface area contributed by atoms with Crippen LogP contribution in [-0.4, -0.2) is 81.6 Å². The fourth-order valence-electron chi connectivity index (χ4n) is 3.15. The fraction of sp³-hybridized carbons (Fsp3) is 0.400. The number of nitrogens with zero attached hydrogens (tertiary/aromatic N) is 3. The zero-order chi connectivity index (χ0) is 21.3. The number of carbonyl (C=O) groups is 3. The molecule has 0 saturated carbocycles. The summed E-state index contributed by atoms with van der Waals surface area (Å²) >= 11 is 0. The van der Waals surface area contributed by atoms with Crippen LogP contribution in [0.4, 0.5) is 4.79 Å². The van der Waals surface area contributed by atoms with E-state index in [2.05, 4.69) is 15.3 Å². The minimum atomic E-state index is -1.07. The number of rotatable bonds is 6. The van der Waals surface area contributed by atoms with Crippen molar-refractivity contribution in [3.8, 4) is 0 Å². The Balaban J connectivity index is 1.51. The molecule has 1 aromatic carbocycles. The number of aromatic amines is 1. The Hall–Kier alpha value is -3.40. The van der Waals surface area contributed by atoms with E-state index in [1.165, 1.54) is 12.5 Å². The number of aliphatic hydroxyl groups excluding tert-OH is 1. The van der Waals surface area contributed by atoms with Gasteiger partial charge in [0, 0.05) is 26.2 Å². The molecular weight excluding hydrogens is 390 g/mol. The van der Waals surface area contributed by atoms with Gasteiger partial charge < -0.3 is 29.9 Å². The quantitative estimate of drug-likeness (QED) is 0.626. The molecule has 30 heavy (non-hydrogen) atoms. The van der Waals surface area contributed by atoms with Gasteiger partial charge >= 0.3 is 6.09 Å². The third kappa shape index (κ3) is 5.57. The monoisotopic (exact) mass is 415 g/mol. The molecule has 0 bridgehead atoms. The lowest BCUT2D eigenvalue weighted by molar-refractivity contribution is -0.134. The maximum Gasteiger partial charge on any atom is 0.410 e. The number of hydrogen-bond donors (Lipinski definition) is 3. The van der Waals surface area contributed by atoms with Crippen LogP contribution < -0.4 is 5.32 Å². The van der Waals surface area contributed by atoms with Crippen molar-refractivity contribution in [2.75, 3.05) is 32.8 Å². The molecule has 2 aromatic rings. The smallest absolute Gasteiger partial charge is 0.410 e. The Morgan fingerprint density at radius 1 is 1.13 bits per heavy atom. The molecular formula is C20H25N5O5. The van der Waals surface area contributed by atoms with Crippen molar-refractivity contribution in [2.24, 2.45) is 0 Å². The van der Waals surface area contributed by atoms with Crippen molar-refractivity contribution in [1.82, 2.24) is 25.1 Å². The van der Waals surface area contributed by atoms with Gasteiger partial charge in [0.1, 0.15) is 18.3 Å². The normalized spacial score (nSPS) is 15.2. The van der Waals surface area contributed by atoms with Crippen molar-refractivity contribution < 1.29 is 24.2 Å². The van der Waals surface area contributed by atoms with E-state index >= 15 is 0 Å². The van der Waals surface area contributed by atoms with E-state index < -0.39 is 30.6 Å². The highest BCUT2D eigenvalue weighted by molar-refractivity contribution is 5.96. The predicted molar refractivity (Wildman–Crippen MR) is 106 cm³/mol. The largest absolute Gasteiger partial charge is 0.445 e. The fourth-order valence-corrected chi connectivity index (χ4v) is 3.15. The van der Waals surface area contributed by atoms with Crippen molar-refractivity contribution in [1.29, 1.82) is 0 Å². The predicted octanol–water partition coefficient (Wildman–Crippen LogP) is 0.372.